The number of hydrogen-bond acceptors (Lipinski definition) is 6. The van der Waals surface area contributed by atoms with Gasteiger partial charge in [-0.3, -0.25) is 0 Å². The molecule has 0 aliphatic carbocycles. The van der Waals surface area contributed by atoms with Crippen molar-refractivity contribution in [3.8, 4) is 6.07 Å². The number of aryl methyl sites for hydroxylation is 1. The Balaban J connectivity index is 2.65. The molecule has 1 aromatic heterocycles. The summed E-state index contributed by atoms with van der Waals surface area (Å²) in [5.74, 6) is -0.977. The van der Waals surface area contributed by atoms with Gasteiger partial charge in [0.15, 0.2) is 0 Å². The number of alkyl halides is 1. The molecule has 0 amide bonds. The Hall–Kier alpha value is -1.97. The Kier molecular flexibility index (Phi) is 5.11. The summed E-state index contributed by atoms with van der Waals surface area (Å²) in [5.41, 5.74) is 7.24. The molecule has 0 fully saturated rings. The van der Waals surface area contributed by atoms with E-state index in [0.29, 0.717) is 0 Å². The Labute approximate surface area is 137 Å². The lowest BCUT2D eigenvalue weighted by atomic mass is 9.86. The van der Waals surface area contributed by atoms with Crippen molar-refractivity contribution in [2.45, 2.75) is 19.8 Å². The molecule has 0 saturated carbocycles. The highest BCUT2D eigenvalue weighted by molar-refractivity contribution is 7.10. The zero-order valence-electron chi connectivity index (χ0n) is 12.2. The van der Waals surface area contributed by atoms with Crippen molar-refractivity contribution in [1.82, 2.24) is 0 Å². The summed E-state index contributed by atoms with van der Waals surface area (Å²) in [5, 5.41) is 11.3. The van der Waals surface area contributed by atoms with Crippen LogP contribution in [0.2, 0.25) is 0 Å². The zero-order valence-corrected chi connectivity index (χ0v) is 13.8. The molecule has 2 heterocycles. The van der Waals surface area contributed by atoms with Crippen molar-refractivity contribution in [2.75, 3.05) is 12.5 Å². The number of allylic oxidation sites excluding steroid dienone is 2. The highest BCUT2D eigenvalue weighted by Crippen LogP contribution is 2.43. The van der Waals surface area contributed by atoms with E-state index in [9.17, 15) is 10.1 Å². The van der Waals surface area contributed by atoms with Gasteiger partial charge in [0.1, 0.15) is 17.4 Å². The van der Waals surface area contributed by atoms with E-state index in [1.165, 1.54) is 11.3 Å². The van der Waals surface area contributed by atoms with Crippen molar-refractivity contribution >= 4 is 28.9 Å². The summed E-state index contributed by atoms with van der Waals surface area (Å²) in [7, 11) is 0. The highest BCUT2D eigenvalue weighted by atomic mass is 35.5. The molecule has 0 spiro atoms. The minimum atomic E-state index is -0.605. The van der Waals surface area contributed by atoms with Crippen LogP contribution >= 0.6 is 22.9 Å². The standard InChI is InChI=1S/C15H15ClN2O3S/c1-3-20-15(19)12-10(6-16)21-14(18)9(7-17)11(12)13-8(2)4-5-22-13/h4-5,11H,3,6,18H2,1-2H3. The molecule has 1 aliphatic heterocycles. The molecule has 22 heavy (non-hydrogen) atoms. The number of carbonyl (C=O) groups excluding carboxylic acids is 1. The van der Waals surface area contributed by atoms with E-state index in [0.717, 1.165) is 10.4 Å². The van der Waals surface area contributed by atoms with Gasteiger partial charge in [0, 0.05) is 4.88 Å². The van der Waals surface area contributed by atoms with Crippen molar-refractivity contribution in [3.63, 3.8) is 0 Å². The molecule has 2 N–H and O–H groups in total. The highest BCUT2D eigenvalue weighted by Gasteiger charge is 2.38. The first kappa shape index (κ1) is 16.4. The predicted octanol–water partition coefficient (Wildman–Crippen LogP) is 2.92. The molecule has 2 rings (SSSR count). The van der Waals surface area contributed by atoms with Crippen molar-refractivity contribution in [2.24, 2.45) is 5.73 Å². The SMILES string of the molecule is CCOC(=O)C1=C(CCl)OC(N)=C(C#N)C1c1sccc1C. The van der Waals surface area contributed by atoms with Crippen LogP contribution in [0.5, 0.6) is 0 Å². The van der Waals surface area contributed by atoms with Gasteiger partial charge in [-0.1, -0.05) is 0 Å². The van der Waals surface area contributed by atoms with E-state index in [2.05, 4.69) is 0 Å². The third-order valence-electron chi connectivity index (χ3n) is 3.28. The van der Waals surface area contributed by atoms with E-state index in [-0.39, 0.29) is 35.3 Å². The molecule has 1 aliphatic rings. The summed E-state index contributed by atoms with van der Waals surface area (Å²) >= 11 is 7.34. The first-order valence-electron chi connectivity index (χ1n) is 6.62. The van der Waals surface area contributed by atoms with Crippen molar-refractivity contribution in [3.05, 3.63) is 44.7 Å². The second-order valence-corrected chi connectivity index (χ2v) is 5.80. The fourth-order valence-corrected chi connectivity index (χ4v) is 3.54. The van der Waals surface area contributed by atoms with Crippen LogP contribution in [0.3, 0.4) is 0 Å². The van der Waals surface area contributed by atoms with Gasteiger partial charge in [-0.15, -0.1) is 22.9 Å². The van der Waals surface area contributed by atoms with Gasteiger partial charge < -0.3 is 15.2 Å². The van der Waals surface area contributed by atoms with Crippen LogP contribution in [0.15, 0.2) is 34.2 Å². The minimum absolute atomic E-state index is 0.0241. The summed E-state index contributed by atoms with van der Waals surface area (Å²) in [4.78, 5) is 13.2. The van der Waals surface area contributed by atoms with Crippen LogP contribution in [0.1, 0.15) is 23.3 Å². The van der Waals surface area contributed by atoms with Crippen molar-refractivity contribution < 1.29 is 14.3 Å². The van der Waals surface area contributed by atoms with Crippen LogP contribution in [0, 0.1) is 18.3 Å². The lowest BCUT2D eigenvalue weighted by molar-refractivity contribution is -0.139. The quantitative estimate of drug-likeness (QED) is 0.674. The number of esters is 1. The first-order chi connectivity index (χ1) is 10.5. The van der Waals surface area contributed by atoms with Gasteiger partial charge in [0.25, 0.3) is 0 Å². The number of nitrogens with two attached hydrogens (primary N) is 1. The van der Waals surface area contributed by atoms with E-state index >= 15 is 0 Å². The second kappa shape index (κ2) is 6.86. The van der Waals surface area contributed by atoms with E-state index in [1.807, 2.05) is 24.4 Å². The number of hydrogen-bond donors (Lipinski definition) is 1. The van der Waals surface area contributed by atoms with E-state index < -0.39 is 11.9 Å². The van der Waals surface area contributed by atoms with Gasteiger partial charge in [0.2, 0.25) is 5.88 Å². The third kappa shape index (κ3) is 2.82. The van der Waals surface area contributed by atoms with Crippen molar-refractivity contribution in [1.29, 1.82) is 5.26 Å². The van der Waals surface area contributed by atoms with Crippen LogP contribution in [-0.4, -0.2) is 18.5 Å². The van der Waals surface area contributed by atoms with Crippen LogP contribution < -0.4 is 5.73 Å². The smallest absolute Gasteiger partial charge is 0.338 e. The topological polar surface area (TPSA) is 85.3 Å². The molecular formula is C15H15ClN2O3S. The van der Waals surface area contributed by atoms with Gasteiger partial charge in [-0.25, -0.2) is 4.79 Å². The van der Waals surface area contributed by atoms with Crippen LogP contribution in [0.25, 0.3) is 0 Å². The first-order valence-corrected chi connectivity index (χ1v) is 8.04. The average Bonchev–Trinajstić information content (AvgIpc) is 2.91. The maximum Gasteiger partial charge on any atom is 0.338 e. The second-order valence-electron chi connectivity index (χ2n) is 4.58. The lowest BCUT2D eigenvalue weighted by Crippen LogP contribution is -2.26. The number of rotatable bonds is 4. The predicted molar refractivity (Wildman–Crippen MR) is 84.1 cm³/mol. The number of ether oxygens (including phenoxy) is 2. The molecular weight excluding hydrogens is 324 g/mol. The fourth-order valence-electron chi connectivity index (χ4n) is 2.29. The number of nitrogens with zero attached hydrogens (tertiary/aromatic N) is 1. The molecule has 1 aromatic rings. The molecule has 0 aromatic carbocycles. The van der Waals surface area contributed by atoms with Gasteiger partial charge in [-0.05, 0) is 30.9 Å². The lowest BCUT2D eigenvalue weighted by Gasteiger charge is -2.27. The van der Waals surface area contributed by atoms with Crippen LogP contribution in [-0.2, 0) is 14.3 Å². The molecule has 1 unspecified atom stereocenters. The maximum atomic E-state index is 12.4. The van der Waals surface area contributed by atoms with E-state index in [1.54, 1.807) is 6.92 Å². The summed E-state index contributed by atoms with van der Waals surface area (Å²) in [6.07, 6.45) is 0. The van der Waals surface area contributed by atoms with Gasteiger partial charge >= 0.3 is 5.97 Å². The number of nitriles is 1. The largest absolute Gasteiger partial charge is 0.463 e. The summed E-state index contributed by atoms with van der Waals surface area (Å²) in [6.45, 7) is 3.84. The minimum Gasteiger partial charge on any atom is -0.463 e. The third-order valence-corrected chi connectivity index (χ3v) is 4.60. The van der Waals surface area contributed by atoms with E-state index in [4.69, 9.17) is 26.8 Å². The molecule has 7 heteroatoms. The van der Waals surface area contributed by atoms with Crippen LogP contribution in [0.4, 0.5) is 0 Å². The van der Waals surface area contributed by atoms with Gasteiger partial charge in [-0.2, -0.15) is 5.26 Å². The molecule has 0 bridgehead atoms. The number of halogens is 1. The molecule has 116 valence electrons. The molecule has 0 saturated heterocycles. The normalized spacial score (nSPS) is 18.0. The number of thiophene rings is 1. The number of carbonyl (C=O) groups is 1. The molecule has 0 radical (unpaired) electrons. The maximum absolute atomic E-state index is 12.4. The Morgan fingerprint density at radius 1 is 1.64 bits per heavy atom. The zero-order chi connectivity index (χ0) is 16.3. The Bertz CT molecular complexity index is 700. The Morgan fingerprint density at radius 2 is 2.36 bits per heavy atom. The summed E-state index contributed by atoms with van der Waals surface area (Å²) < 4.78 is 10.5. The fraction of sp³-hybridized carbons (Fsp3) is 0.333. The summed E-state index contributed by atoms with van der Waals surface area (Å²) in [6, 6.07) is 3.96. The Morgan fingerprint density at radius 3 is 2.86 bits per heavy atom. The monoisotopic (exact) mass is 338 g/mol. The van der Waals surface area contributed by atoms with Gasteiger partial charge in [0.05, 0.1) is 24.0 Å². The molecule has 5 nitrogen and oxygen atoms in total. The average molecular weight is 339 g/mol. The molecule has 1 atom stereocenters.